The molecule has 0 fully saturated rings. The SMILES string of the molecule is CCCCCOc1ccc(C2c3c(-c4cc(C)cc(C)c4O)n[nH]c3C(=O)N2Cc2ccc(C)cc2)cc1OC. The molecule has 1 aromatic heterocycles. The third kappa shape index (κ3) is 5.16. The van der Waals surface area contributed by atoms with E-state index in [1.165, 1.54) is 0 Å². The minimum absolute atomic E-state index is 0.137. The molecule has 1 aliphatic heterocycles. The molecule has 5 rings (SSSR count). The van der Waals surface area contributed by atoms with Crippen LogP contribution in [0.4, 0.5) is 0 Å². The zero-order valence-corrected chi connectivity index (χ0v) is 23.9. The lowest BCUT2D eigenvalue weighted by Gasteiger charge is -2.27. The van der Waals surface area contributed by atoms with Crippen molar-refractivity contribution >= 4 is 5.91 Å². The minimum atomic E-state index is -0.444. The van der Waals surface area contributed by atoms with Gasteiger partial charge in [-0.15, -0.1) is 0 Å². The summed E-state index contributed by atoms with van der Waals surface area (Å²) in [6.07, 6.45) is 3.21. The minimum Gasteiger partial charge on any atom is -0.507 e. The number of amides is 1. The maximum absolute atomic E-state index is 13.9. The molecule has 208 valence electrons. The number of carbonyl (C=O) groups is 1. The second-order valence-electron chi connectivity index (χ2n) is 10.6. The first kappa shape index (κ1) is 27.3. The molecule has 0 aliphatic carbocycles. The molecule has 2 N–H and O–H groups in total. The summed E-state index contributed by atoms with van der Waals surface area (Å²) in [5, 5.41) is 18.6. The van der Waals surface area contributed by atoms with Crippen molar-refractivity contribution in [2.75, 3.05) is 13.7 Å². The van der Waals surface area contributed by atoms with E-state index < -0.39 is 6.04 Å². The van der Waals surface area contributed by atoms with Crippen LogP contribution in [-0.2, 0) is 6.54 Å². The number of H-pyrrole nitrogens is 1. The maximum Gasteiger partial charge on any atom is 0.273 e. The summed E-state index contributed by atoms with van der Waals surface area (Å²) in [6, 6.07) is 17.5. The van der Waals surface area contributed by atoms with E-state index in [9.17, 15) is 9.90 Å². The Morgan fingerprint density at radius 2 is 1.75 bits per heavy atom. The van der Waals surface area contributed by atoms with Crippen LogP contribution in [0.2, 0.25) is 0 Å². The van der Waals surface area contributed by atoms with Crippen LogP contribution in [0.1, 0.15) is 76.1 Å². The molecule has 4 aromatic rings. The molecule has 1 amide bonds. The number of aromatic amines is 1. The first-order valence-corrected chi connectivity index (χ1v) is 13.9. The van der Waals surface area contributed by atoms with Crippen molar-refractivity contribution in [2.24, 2.45) is 0 Å². The largest absolute Gasteiger partial charge is 0.507 e. The molecule has 0 spiro atoms. The van der Waals surface area contributed by atoms with Gasteiger partial charge < -0.3 is 19.5 Å². The molecule has 7 heteroatoms. The average molecular weight is 540 g/mol. The van der Waals surface area contributed by atoms with E-state index in [0.29, 0.717) is 41.6 Å². The van der Waals surface area contributed by atoms with Gasteiger partial charge in [-0.1, -0.05) is 61.7 Å². The fraction of sp³-hybridized carbons (Fsp3) is 0.333. The number of fused-ring (bicyclic) bond motifs is 1. The Bertz CT molecular complexity index is 1520. The van der Waals surface area contributed by atoms with E-state index in [1.54, 1.807) is 7.11 Å². The highest BCUT2D eigenvalue weighted by molar-refractivity contribution is 6.00. The van der Waals surface area contributed by atoms with Gasteiger partial charge in [-0.2, -0.15) is 5.10 Å². The quantitative estimate of drug-likeness (QED) is 0.211. The Balaban J connectivity index is 1.61. The number of unbranched alkanes of at least 4 members (excludes halogenated alkanes) is 2. The first-order chi connectivity index (χ1) is 19.3. The molecule has 1 unspecified atom stereocenters. The van der Waals surface area contributed by atoms with Gasteiger partial charge in [0.25, 0.3) is 5.91 Å². The van der Waals surface area contributed by atoms with Crippen molar-refractivity contribution in [1.82, 2.24) is 15.1 Å². The summed E-state index contributed by atoms with van der Waals surface area (Å²) in [6.45, 7) is 9.10. The Morgan fingerprint density at radius 3 is 2.48 bits per heavy atom. The summed E-state index contributed by atoms with van der Waals surface area (Å²) in [4.78, 5) is 15.7. The van der Waals surface area contributed by atoms with E-state index in [-0.39, 0.29) is 11.7 Å². The van der Waals surface area contributed by atoms with Gasteiger partial charge in [-0.3, -0.25) is 9.89 Å². The highest BCUT2D eigenvalue weighted by atomic mass is 16.5. The van der Waals surface area contributed by atoms with Crippen LogP contribution in [0.25, 0.3) is 11.3 Å². The molecule has 2 heterocycles. The van der Waals surface area contributed by atoms with Crippen LogP contribution in [0.15, 0.2) is 54.6 Å². The van der Waals surface area contributed by atoms with Crippen molar-refractivity contribution in [3.63, 3.8) is 0 Å². The highest BCUT2D eigenvalue weighted by Gasteiger charge is 2.43. The van der Waals surface area contributed by atoms with Gasteiger partial charge in [-0.25, -0.2) is 0 Å². The number of phenolic OH excluding ortho intramolecular Hbond substituents is 1. The first-order valence-electron chi connectivity index (χ1n) is 13.9. The number of nitrogens with zero attached hydrogens (tertiary/aromatic N) is 2. The molecule has 3 aromatic carbocycles. The van der Waals surface area contributed by atoms with Crippen molar-refractivity contribution in [3.05, 3.63) is 93.7 Å². The van der Waals surface area contributed by atoms with Crippen molar-refractivity contribution in [2.45, 2.75) is 59.5 Å². The highest BCUT2D eigenvalue weighted by Crippen LogP contribution is 2.47. The van der Waals surface area contributed by atoms with Gasteiger partial charge in [0.15, 0.2) is 11.5 Å². The summed E-state index contributed by atoms with van der Waals surface area (Å²) < 4.78 is 11.8. The monoisotopic (exact) mass is 539 g/mol. The number of ether oxygens (including phenoxy) is 2. The van der Waals surface area contributed by atoms with E-state index in [0.717, 1.165) is 52.6 Å². The standard InChI is InChI=1S/C33H37N3O4/c1-6-7-8-15-40-26-14-13-24(18-27(26)39-5)31-28-29(25-17-21(3)16-22(4)32(25)37)34-35-30(28)33(38)36(31)19-23-11-9-20(2)10-12-23/h9-14,16-18,31,37H,6-8,15,19H2,1-5H3,(H,34,35). The Hall–Kier alpha value is -4.26. The number of carbonyl (C=O) groups excluding carboxylic acids is 1. The predicted molar refractivity (Wildman–Crippen MR) is 156 cm³/mol. The number of phenols is 1. The summed E-state index contributed by atoms with van der Waals surface area (Å²) >= 11 is 0. The number of hydrogen-bond donors (Lipinski definition) is 2. The number of aryl methyl sites for hydroxylation is 3. The van der Waals surface area contributed by atoms with Crippen LogP contribution >= 0.6 is 0 Å². The fourth-order valence-electron chi connectivity index (χ4n) is 5.45. The lowest BCUT2D eigenvalue weighted by atomic mass is 9.93. The molecule has 0 saturated carbocycles. The van der Waals surface area contributed by atoms with Gasteiger partial charge in [-0.05, 0) is 67.6 Å². The Morgan fingerprint density at radius 1 is 0.975 bits per heavy atom. The van der Waals surface area contributed by atoms with E-state index in [1.807, 2.05) is 56.0 Å². The zero-order valence-electron chi connectivity index (χ0n) is 23.9. The van der Waals surface area contributed by atoms with Crippen LogP contribution in [0.5, 0.6) is 17.2 Å². The predicted octanol–water partition coefficient (Wildman–Crippen LogP) is 7.03. The molecule has 1 aliphatic rings. The van der Waals surface area contributed by atoms with Crippen LogP contribution in [0.3, 0.4) is 0 Å². The van der Waals surface area contributed by atoms with Crippen LogP contribution in [-0.4, -0.2) is 39.8 Å². The second kappa shape index (κ2) is 11.5. The number of aromatic hydroxyl groups is 1. The van der Waals surface area contributed by atoms with Crippen molar-refractivity contribution < 1.29 is 19.4 Å². The molecule has 0 bridgehead atoms. The number of aromatic nitrogens is 2. The number of benzene rings is 3. The topological polar surface area (TPSA) is 87.7 Å². The maximum atomic E-state index is 13.9. The molecule has 7 nitrogen and oxygen atoms in total. The molecule has 1 atom stereocenters. The number of rotatable bonds is 10. The van der Waals surface area contributed by atoms with Crippen LogP contribution < -0.4 is 9.47 Å². The molecule has 0 saturated heterocycles. The summed E-state index contributed by atoms with van der Waals surface area (Å²) in [5.41, 5.74) is 7.19. The summed E-state index contributed by atoms with van der Waals surface area (Å²) in [7, 11) is 1.63. The van der Waals surface area contributed by atoms with Crippen molar-refractivity contribution in [3.8, 4) is 28.5 Å². The zero-order chi connectivity index (χ0) is 28.4. The van der Waals surface area contributed by atoms with Crippen LogP contribution in [0, 0.1) is 20.8 Å². The third-order valence-corrected chi connectivity index (χ3v) is 7.55. The lowest BCUT2D eigenvalue weighted by Crippen LogP contribution is -2.29. The number of methoxy groups -OCH3 is 1. The van der Waals surface area contributed by atoms with Gasteiger partial charge in [0.1, 0.15) is 17.1 Å². The fourth-order valence-corrected chi connectivity index (χ4v) is 5.45. The van der Waals surface area contributed by atoms with E-state index in [2.05, 4.69) is 41.4 Å². The Kier molecular flexibility index (Phi) is 7.83. The second-order valence-corrected chi connectivity index (χ2v) is 10.6. The lowest BCUT2D eigenvalue weighted by molar-refractivity contribution is 0.0730. The van der Waals surface area contributed by atoms with Gasteiger partial charge in [0.2, 0.25) is 0 Å². The van der Waals surface area contributed by atoms with Gasteiger partial charge in [0, 0.05) is 17.7 Å². The van der Waals surface area contributed by atoms with Crippen molar-refractivity contribution in [1.29, 1.82) is 0 Å². The number of hydrogen-bond acceptors (Lipinski definition) is 5. The molecule has 0 radical (unpaired) electrons. The van der Waals surface area contributed by atoms with E-state index in [4.69, 9.17) is 9.47 Å². The van der Waals surface area contributed by atoms with Gasteiger partial charge >= 0.3 is 0 Å². The Labute approximate surface area is 235 Å². The average Bonchev–Trinajstić information content (AvgIpc) is 3.48. The molecular formula is C33H37N3O4. The molecule has 40 heavy (non-hydrogen) atoms. The summed E-state index contributed by atoms with van der Waals surface area (Å²) in [5.74, 6) is 1.32. The van der Waals surface area contributed by atoms with Gasteiger partial charge in [0.05, 0.1) is 19.8 Å². The smallest absolute Gasteiger partial charge is 0.273 e. The third-order valence-electron chi connectivity index (χ3n) is 7.55. The number of nitrogens with one attached hydrogen (secondary N) is 1. The normalized spacial score (nSPS) is 14.5. The molecular weight excluding hydrogens is 502 g/mol. The van der Waals surface area contributed by atoms with E-state index >= 15 is 0 Å².